The maximum absolute atomic E-state index is 13.3. The van der Waals surface area contributed by atoms with Gasteiger partial charge in [-0.3, -0.25) is 4.79 Å². The Balaban J connectivity index is 2.16. The van der Waals surface area contributed by atoms with E-state index >= 15 is 0 Å². The zero-order valence-corrected chi connectivity index (χ0v) is 11.9. The monoisotopic (exact) mass is 280 g/mol. The van der Waals surface area contributed by atoms with Gasteiger partial charge in [-0.25, -0.2) is 4.39 Å². The van der Waals surface area contributed by atoms with Crippen molar-refractivity contribution >= 4 is 11.6 Å². The van der Waals surface area contributed by atoms with Gasteiger partial charge in [-0.2, -0.15) is 0 Å². The van der Waals surface area contributed by atoms with E-state index in [1.807, 2.05) is 13.8 Å². The van der Waals surface area contributed by atoms with Crippen LogP contribution in [0.5, 0.6) is 0 Å². The lowest BCUT2D eigenvalue weighted by molar-refractivity contribution is -0.122. The van der Waals surface area contributed by atoms with E-state index < -0.39 is 0 Å². The minimum Gasteiger partial charge on any atom is -0.379 e. The summed E-state index contributed by atoms with van der Waals surface area (Å²) in [6.45, 7) is 6.17. The third-order valence-electron chi connectivity index (χ3n) is 3.57. The van der Waals surface area contributed by atoms with Crippen molar-refractivity contribution in [1.82, 2.24) is 5.32 Å². The Morgan fingerprint density at radius 2 is 2.25 bits per heavy atom. The first kappa shape index (κ1) is 14.9. The summed E-state index contributed by atoms with van der Waals surface area (Å²) in [6.07, 6.45) is 0. The van der Waals surface area contributed by atoms with Crippen LogP contribution in [-0.2, 0) is 9.53 Å². The van der Waals surface area contributed by atoms with Crippen molar-refractivity contribution < 1.29 is 13.9 Å². The number of likely N-dealkylation sites (N-methyl/N-ethyl adjacent to an activating group) is 1. The highest BCUT2D eigenvalue weighted by Gasteiger charge is 2.36. The van der Waals surface area contributed by atoms with Crippen molar-refractivity contribution in [3.8, 4) is 0 Å². The zero-order chi connectivity index (χ0) is 14.5. The average Bonchev–Trinajstić information content (AvgIpc) is 2.88. The molecule has 0 saturated carbocycles. The fourth-order valence-electron chi connectivity index (χ4n) is 2.57. The van der Waals surface area contributed by atoms with E-state index in [2.05, 4.69) is 5.32 Å². The predicted molar refractivity (Wildman–Crippen MR) is 76.2 cm³/mol. The Kier molecular flexibility index (Phi) is 5.09. The molecule has 1 aliphatic rings. The molecule has 0 aliphatic carbocycles. The van der Waals surface area contributed by atoms with Crippen LogP contribution in [0.1, 0.15) is 13.8 Å². The molecule has 1 aliphatic heterocycles. The van der Waals surface area contributed by atoms with Gasteiger partial charge in [0.05, 0.1) is 19.1 Å². The third-order valence-corrected chi connectivity index (χ3v) is 3.57. The van der Waals surface area contributed by atoms with Gasteiger partial charge in [0, 0.05) is 18.3 Å². The van der Waals surface area contributed by atoms with Gasteiger partial charge in [0.15, 0.2) is 0 Å². The molecule has 2 atom stereocenters. The lowest BCUT2D eigenvalue weighted by atomic mass is 10.0. The van der Waals surface area contributed by atoms with Gasteiger partial charge in [0.2, 0.25) is 5.91 Å². The summed E-state index contributed by atoms with van der Waals surface area (Å²) in [5, 5.41) is 3.27. The number of amides is 1. The zero-order valence-electron chi connectivity index (χ0n) is 11.9. The molecule has 4 nitrogen and oxygen atoms in total. The number of hydrogen-bond donors (Lipinski definition) is 1. The summed E-state index contributed by atoms with van der Waals surface area (Å²) in [7, 11) is 0. The number of nitrogens with one attached hydrogen (secondary N) is 1. The molecular weight excluding hydrogens is 259 g/mol. The maximum atomic E-state index is 13.3. The van der Waals surface area contributed by atoms with Crippen LogP contribution in [0.2, 0.25) is 0 Å². The number of carbonyl (C=O) groups is 1. The Morgan fingerprint density at radius 1 is 1.45 bits per heavy atom. The highest BCUT2D eigenvalue weighted by Crippen LogP contribution is 2.22. The van der Waals surface area contributed by atoms with E-state index in [1.165, 1.54) is 12.1 Å². The molecule has 1 heterocycles. The molecule has 0 bridgehead atoms. The molecule has 1 aromatic carbocycles. The first-order valence-electron chi connectivity index (χ1n) is 7.05. The number of carbonyl (C=O) groups excluding carboxylic acids is 1. The summed E-state index contributed by atoms with van der Waals surface area (Å²) in [5.41, 5.74) is 0.597. The summed E-state index contributed by atoms with van der Waals surface area (Å²) in [5.74, 6) is -0.556. The van der Waals surface area contributed by atoms with Gasteiger partial charge >= 0.3 is 0 Å². The summed E-state index contributed by atoms with van der Waals surface area (Å²) >= 11 is 0. The van der Waals surface area contributed by atoms with Crippen LogP contribution in [-0.4, -0.2) is 38.3 Å². The van der Waals surface area contributed by atoms with E-state index in [0.29, 0.717) is 25.4 Å². The van der Waals surface area contributed by atoms with Gasteiger partial charge in [-0.1, -0.05) is 13.0 Å². The predicted octanol–water partition coefficient (Wildman–Crippen LogP) is 1.80. The first-order valence-corrected chi connectivity index (χ1v) is 7.05. The quantitative estimate of drug-likeness (QED) is 0.894. The van der Waals surface area contributed by atoms with Crippen molar-refractivity contribution in [2.24, 2.45) is 5.92 Å². The van der Waals surface area contributed by atoms with Gasteiger partial charge in [0.1, 0.15) is 5.82 Å². The van der Waals surface area contributed by atoms with Crippen LogP contribution in [0.25, 0.3) is 0 Å². The molecule has 1 amide bonds. The fourth-order valence-corrected chi connectivity index (χ4v) is 2.57. The number of rotatable bonds is 5. The molecule has 5 heteroatoms. The number of hydrogen-bond acceptors (Lipinski definition) is 3. The van der Waals surface area contributed by atoms with E-state index in [4.69, 9.17) is 4.74 Å². The smallest absolute Gasteiger partial charge is 0.234 e. The van der Waals surface area contributed by atoms with Crippen molar-refractivity contribution in [2.45, 2.75) is 19.9 Å². The SMILES string of the molecule is CCNC1COCC1C(=O)N(CC)c1cccc(F)c1. The van der Waals surface area contributed by atoms with Crippen LogP contribution in [0.15, 0.2) is 24.3 Å². The minimum absolute atomic E-state index is 0.0125. The lowest BCUT2D eigenvalue weighted by Crippen LogP contribution is -2.46. The molecule has 2 rings (SSSR count). The van der Waals surface area contributed by atoms with Crippen molar-refractivity contribution in [3.05, 3.63) is 30.1 Å². The van der Waals surface area contributed by atoms with E-state index in [-0.39, 0.29) is 23.7 Å². The maximum Gasteiger partial charge on any atom is 0.234 e. The van der Waals surface area contributed by atoms with Crippen molar-refractivity contribution in [1.29, 1.82) is 0 Å². The van der Waals surface area contributed by atoms with Gasteiger partial charge in [-0.05, 0) is 31.7 Å². The van der Waals surface area contributed by atoms with Crippen LogP contribution >= 0.6 is 0 Å². The van der Waals surface area contributed by atoms with Crippen LogP contribution in [0, 0.1) is 11.7 Å². The second-order valence-electron chi connectivity index (χ2n) is 4.87. The standard InChI is InChI=1S/C15H21FN2O2/c1-3-17-14-10-20-9-13(14)15(19)18(4-2)12-7-5-6-11(16)8-12/h5-8,13-14,17H,3-4,9-10H2,1-2H3. The van der Waals surface area contributed by atoms with Gasteiger partial charge in [0.25, 0.3) is 0 Å². The number of anilines is 1. The number of ether oxygens (including phenoxy) is 1. The highest BCUT2D eigenvalue weighted by molar-refractivity contribution is 5.95. The number of nitrogens with zero attached hydrogens (tertiary/aromatic N) is 1. The molecule has 1 aromatic rings. The molecular formula is C15H21FN2O2. The van der Waals surface area contributed by atoms with Crippen LogP contribution < -0.4 is 10.2 Å². The molecule has 0 aromatic heterocycles. The number of halogens is 1. The molecule has 110 valence electrons. The largest absolute Gasteiger partial charge is 0.379 e. The average molecular weight is 280 g/mol. The summed E-state index contributed by atoms with van der Waals surface area (Å²) in [6, 6.07) is 6.17. The fraction of sp³-hybridized carbons (Fsp3) is 0.533. The Morgan fingerprint density at radius 3 is 2.90 bits per heavy atom. The molecule has 1 fully saturated rings. The van der Waals surface area contributed by atoms with E-state index in [1.54, 1.807) is 17.0 Å². The Bertz CT molecular complexity index is 467. The molecule has 0 spiro atoms. The number of benzene rings is 1. The second-order valence-corrected chi connectivity index (χ2v) is 4.87. The Labute approximate surface area is 118 Å². The lowest BCUT2D eigenvalue weighted by Gasteiger charge is -2.26. The Hall–Kier alpha value is -1.46. The molecule has 20 heavy (non-hydrogen) atoms. The molecule has 2 unspecified atom stereocenters. The van der Waals surface area contributed by atoms with Crippen molar-refractivity contribution in [3.63, 3.8) is 0 Å². The van der Waals surface area contributed by atoms with Crippen LogP contribution in [0.4, 0.5) is 10.1 Å². The topological polar surface area (TPSA) is 41.6 Å². The molecule has 1 saturated heterocycles. The van der Waals surface area contributed by atoms with Gasteiger partial charge in [-0.15, -0.1) is 0 Å². The second kappa shape index (κ2) is 6.81. The first-order chi connectivity index (χ1) is 9.67. The van der Waals surface area contributed by atoms with Crippen molar-refractivity contribution in [2.75, 3.05) is 31.2 Å². The van der Waals surface area contributed by atoms with E-state index in [9.17, 15) is 9.18 Å². The molecule has 1 N–H and O–H groups in total. The van der Waals surface area contributed by atoms with E-state index in [0.717, 1.165) is 6.54 Å². The highest BCUT2D eigenvalue weighted by atomic mass is 19.1. The summed E-state index contributed by atoms with van der Waals surface area (Å²) < 4.78 is 18.7. The summed E-state index contributed by atoms with van der Waals surface area (Å²) in [4.78, 5) is 14.3. The van der Waals surface area contributed by atoms with Gasteiger partial charge < -0.3 is 15.0 Å². The molecule has 0 radical (unpaired) electrons. The third kappa shape index (κ3) is 3.16. The normalized spacial score (nSPS) is 21.9. The minimum atomic E-state index is -0.334. The van der Waals surface area contributed by atoms with Crippen LogP contribution in [0.3, 0.4) is 0 Å².